The molecule has 8 heteroatoms. The molecular weight excluding hydrogens is 345 g/mol. The second kappa shape index (κ2) is 8.07. The summed E-state index contributed by atoms with van der Waals surface area (Å²) in [5.74, 6) is 0.819. The van der Waals surface area contributed by atoms with Crippen LogP contribution < -0.4 is 10.2 Å². The number of aromatic nitrogens is 1. The highest BCUT2D eigenvalue weighted by atomic mass is 19.4. The van der Waals surface area contributed by atoms with Crippen molar-refractivity contribution in [2.24, 2.45) is 0 Å². The Morgan fingerprint density at radius 1 is 1.04 bits per heavy atom. The molecule has 0 spiro atoms. The average molecular weight is 366 g/mol. The summed E-state index contributed by atoms with van der Waals surface area (Å²) < 4.78 is 37.7. The molecule has 140 valence electrons. The molecule has 0 saturated carbocycles. The van der Waals surface area contributed by atoms with Gasteiger partial charge in [-0.2, -0.15) is 13.2 Å². The second-order valence-corrected chi connectivity index (χ2v) is 6.13. The van der Waals surface area contributed by atoms with Gasteiger partial charge >= 0.3 is 12.2 Å². The minimum Gasteiger partial charge on any atom is -0.363 e. The van der Waals surface area contributed by atoms with E-state index in [-0.39, 0.29) is 12.6 Å². The number of benzene rings is 1. The van der Waals surface area contributed by atoms with E-state index in [1.54, 1.807) is 13.2 Å². The number of anilines is 1. The largest absolute Gasteiger partial charge is 0.416 e. The molecule has 1 aromatic carbocycles. The van der Waals surface area contributed by atoms with Gasteiger partial charge in [0.1, 0.15) is 5.82 Å². The van der Waals surface area contributed by atoms with Crippen LogP contribution in [0.25, 0.3) is 0 Å². The van der Waals surface area contributed by atoms with Crippen molar-refractivity contribution in [2.45, 2.75) is 19.3 Å². The van der Waals surface area contributed by atoms with Gasteiger partial charge in [-0.15, -0.1) is 0 Å². The standard InChI is InChI=1S/C18H21F3N4O/c1-24(2)16-9-6-14(10-22-16)11-23-17(26)25(3)12-13-4-7-15(8-5-13)18(19,20)21/h4-10H,11-12H2,1-3H3,(H,23,26). The van der Waals surface area contributed by atoms with Crippen molar-refractivity contribution in [3.8, 4) is 0 Å². The molecule has 0 unspecified atom stereocenters. The van der Waals surface area contributed by atoms with E-state index in [0.717, 1.165) is 23.5 Å². The smallest absolute Gasteiger partial charge is 0.363 e. The number of urea groups is 1. The van der Waals surface area contributed by atoms with E-state index < -0.39 is 11.7 Å². The summed E-state index contributed by atoms with van der Waals surface area (Å²) in [4.78, 5) is 19.7. The predicted octanol–water partition coefficient (Wildman–Crippen LogP) is 3.51. The van der Waals surface area contributed by atoms with E-state index in [0.29, 0.717) is 12.1 Å². The number of alkyl halides is 3. The molecule has 0 aliphatic carbocycles. The molecule has 1 heterocycles. The quantitative estimate of drug-likeness (QED) is 0.881. The van der Waals surface area contributed by atoms with Crippen LogP contribution in [0.3, 0.4) is 0 Å². The third-order valence-electron chi connectivity index (χ3n) is 3.76. The third-order valence-corrected chi connectivity index (χ3v) is 3.76. The summed E-state index contributed by atoms with van der Waals surface area (Å²) in [6.07, 6.45) is -2.68. The first-order valence-corrected chi connectivity index (χ1v) is 7.94. The van der Waals surface area contributed by atoms with Gasteiger partial charge in [-0.25, -0.2) is 9.78 Å². The molecule has 0 saturated heterocycles. The van der Waals surface area contributed by atoms with Crippen LogP contribution in [-0.4, -0.2) is 37.1 Å². The first-order valence-electron chi connectivity index (χ1n) is 7.94. The molecule has 1 N–H and O–H groups in total. The lowest BCUT2D eigenvalue weighted by molar-refractivity contribution is -0.137. The number of amides is 2. The Morgan fingerprint density at radius 2 is 1.65 bits per heavy atom. The molecule has 2 aromatic rings. The van der Waals surface area contributed by atoms with E-state index in [1.807, 2.05) is 31.1 Å². The van der Waals surface area contributed by atoms with Crippen LogP contribution in [0.4, 0.5) is 23.8 Å². The Hall–Kier alpha value is -2.77. The summed E-state index contributed by atoms with van der Waals surface area (Å²) in [6, 6.07) is 8.18. The maximum Gasteiger partial charge on any atom is 0.416 e. The molecular formula is C18H21F3N4O. The first kappa shape index (κ1) is 19.6. The molecule has 0 radical (unpaired) electrons. The van der Waals surface area contributed by atoms with Gasteiger partial charge in [0.05, 0.1) is 5.56 Å². The maximum absolute atomic E-state index is 12.6. The lowest BCUT2D eigenvalue weighted by Crippen LogP contribution is -2.36. The van der Waals surface area contributed by atoms with Crippen molar-refractivity contribution in [1.82, 2.24) is 15.2 Å². The highest BCUT2D eigenvalue weighted by molar-refractivity contribution is 5.73. The van der Waals surface area contributed by atoms with Crippen LogP contribution >= 0.6 is 0 Å². The van der Waals surface area contributed by atoms with Crippen LogP contribution in [0.1, 0.15) is 16.7 Å². The summed E-state index contributed by atoms with van der Waals surface area (Å²) in [5, 5.41) is 2.76. The Kier molecular flexibility index (Phi) is 6.07. The first-order chi connectivity index (χ1) is 12.2. The SMILES string of the molecule is CN(Cc1ccc(C(F)(F)F)cc1)C(=O)NCc1ccc(N(C)C)nc1. The molecule has 26 heavy (non-hydrogen) atoms. The number of hydrogen-bond donors (Lipinski definition) is 1. The number of carbonyl (C=O) groups excluding carboxylic acids is 1. The summed E-state index contributed by atoms with van der Waals surface area (Å²) in [7, 11) is 5.36. The van der Waals surface area contributed by atoms with Crippen LogP contribution in [0.5, 0.6) is 0 Å². The van der Waals surface area contributed by atoms with Gasteiger partial charge in [0, 0.05) is 40.4 Å². The monoisotopic (exact) mass is 366 g/mol. The maximum atomic E-state index is 12.6. The number of halogens is 3. The van der Waals surface area contributed by atoms with Crippen LogP contribution in [0, 0.1) is 0 Å². The zero-order valence-corrected chi connectivity index (χ0v) is 14.8. The fourth-order valence-electron chi connectivity index (χ4n) is 2.24. The van der Waals surface area contributed by atoms with Gasteiger partial charge in [0.2, 0.25) is 0 Å². The van der Waals surface area contributed by atoms with Gasteiger partial charge in [-0.3, -0.25) is 0 Å². The average Bonchev–Trinajstić information content (AvgIpc) is 2.59. The highest BCUT2D eigenvalue weighted by Gasteiger charge is 2.29. The van der Waals surface area contributed by atoms with E-state index in [2.05, 4.69) is 10.3 Å². The highest BCUT2D eigenvalue weighted by Crippen LogP contribution is 2.29. The molecule has 0 atom stereocenters. The summed E-state index contributed by atoms with van der Waals surface area (Å²) in [6.45, 7) is 0.526. The number of pyridine rings is 1. The van der Waals surface area contributed by atoms with Crippen LogP contribution in [0.15, 0.2) is 42.6 Å². The molecule has 0 aliphatic heterocycles. The predicted molar refractivity (Wildman–Crippen MR) is 93.7 cm³/mol. The normalized spacial score (nSPS) is 11.2. The Bertz CT molecular complexity index is 728. The van der Waals surface area contributed by atoms with Crippen molar-refractivity contribution < 1.29 is 18.0 Å². The summed E-state index contributed by atoms with van der Waals surface area (Å²) >= 11 is 0. The Balaban J connectivity index is 1.87. The molecule has 1 aromatic heterocycles. The number of carbonyl (C=O) groups is 1. The molecule has 0 bridgehead atoms. The van der Waals surface area contributed by atoms with E-state index >= 15 is 0 Å². The number of hydrogen-bond acceptors (Lipinski definition) is 3. The minimum absolute atomic E-state index is 0.210. The van der Waals surface area contributed by atoms with Crippen molar-refractivity contribution in [3.05, 3.63) is 59.3 Å². The zero-order chi connectivity index (χ0) is 19.3. The fraction of sp³-hybridized carbons (Fsp3) is 0.333. The van der Waals surface area contributed by atoms with Crippen LogP contribution in [-0.2, 0) is 19.3 Å². The topological polar surface area (TPSA) is 48.5 Å². The van der Waals surface area contributed by atoms with Gasteiger partial charge in [0.25, 0.3) is 0 Å². The number of nitrogens with one attached hydrogen (secondary N) is 1. The molecule has 5 nitrogen and oxygen atoms in total. The van der Waals surface area contributed by atoms with Gasteiger partial charge in [-0.05, 0) is 29.3 Å². The van der Waals surface area contributed by atoms with Crippen molar-refractivity contribution in [3.63, 3.8) is 0 Å². The Labute approximate surface area is 150 Å². The van der Waals surface area contributed by atoms with E-state index in [1.165, 1.54) is 17.0 Å². The molecule has 2 amide bonds. The van der Waals surface area contributed by atoms with Crippen molar-refractivity contribution >= 4 is 11.8 Å². The van der Waals surface area contributed by atoms with Gasteiger partial charge in [0.15, 0.2) is 0 Å². The number of nitrogens with zero attached hydrogens (tertiary/aromatic N) is 3. The van der Waals surface area contributed by atoms with Gasteiger partial charge < -0.3 is 15.1 Å². The van der Waals surface area contributed by atoms with E-state index in [4.69, 9.17) is 0 Å². The zero-order valence-electron chi connectivity index (χ0n) is 14.8. The minimum atomic E-state index is -4.36. The Morgan fingerprint density at radius 3 is 2.15 bits per heavy atom. The van der Waals surface area contributed by atoms with Crippen molar-refractivity contribution in [2.75, 3.05) is 26.0 Å². The molecule has 0 aliphatic rings. The lowest BCUT2D eigenvalue weighted by atomic mass is 10.1. The van der Waals surface area contributed by atoms with Gasteiger partial charge in [-0.1, -0.05) is 18.2 Å². The lowest BCUT2D eigenvalue weighted by Gasteiger charge is -2.18. The molecule has 2 rings (SSSR count). The molecule has 0 fully saturated rings. The van der Waals surface area contributed by atoms with Crippen molar-refractivity contribution in [1.29, 1.82) is 0 Å². The second-order valence-electron chi connectivity index (χ2n) is 6.13. The summed E-state index contributed by atoms with van der Waals surface area (Å²) in [5.41, 5.74) is 0.765. The number of rotatable bonds is 5. The van der Waals surface area contributed by atoms with Crippen LogP contribution in [0.2, 0.25) is 0 Å². The fourth-order valence-corrected chi connectivity index (χ4v) is 2.24. The third kappa shape index (κ3) is 5.37. The van der Waals surface area contributed by atoms with E-state index in [9.17, 15) is 18.0 Å².